The number of anilines is 2. The predicted molar refractivity (Wildman–Crippen MR) is 172 cm³/mol. The number of primary amides is 1. The zero-order valence-corrected chi connectivity index (χ0v) is 26.4. The van der Waals surface area contributed by atoms with Gasteiger partial charge in [-0.05, 0) is 80.4 Å². The number of carbonyl (C=O) groups excluding carboxylic acids is 2. The summed E-state index contributed by atoms with van der Waals surface area (Å²) in [5.41, 5.74) is 5.18. The number of rotatable bonds is 14. The molecule has 1 aliphatic rings. The lowest BCUT2D eigenvalue weighted by Gasteiger charge is -2.27. The topological polar surface area (TPSA) is 107 Å². The Morgan fingerprint density at radius 2 is 1.65 bits per heavy atom. The first-order valence-corrected chi connectivity index (χ1v) is 15.3. The third-order valence-electron chi connectivity index (χ3n) is 8.57. The predicted octanol–water partition coefficient (Wildman–Crippen LogP) is 6.60. The van der Waals surface area contributed by atoms with Crippen LogP contribution >= 0.6 is 0 Å². The van der Waals surface area contributed by atoms with E-state index >= 15 is 4.39 Å². The van der Waals surface area contributed by atoms with Crippen molar-refractivity contribution < 1.29 is 32.6 Å². The van der Waals surface area contributed by atoms with Crippen molar-refractivity contribution in [1.82, 2.24) is 9.88 Å². The minimum absolute atomic E-state index is 0.108. The van der Waals surface area contributed by atoms with Gasteiger partial charge in [-0.15, -0.1) is 0 Å². The molecule has 1 saturated carbocycles. The minimum atomic E-state index is -1.43. The van der Waals surface area contributed by atoms with Crippen LogP contribution in [0, 0.1) is 23.0 Å². The molecular formula is C35H38F2N4O5. The SMILES string of the molecule is CCN(CC)CCCOc1cc2nccc(Oc3ccc(N(C(=O)[C@]4(C(N)=O)C[C@@H]4C)c4ccc(F)cc4)cc3F)c2cc1OC. The fraction of sp³-hybridized carbons (Fsp3) is 0.343. The number of hydrogen-bond acceptors (Lipinski definition) is 7. The highest BCUT2D eigenvalue weighted by Gasteiger charge is 2.64. The molecule has 1 heterocycles. The number of carbonyl (C=O) groups is 2. The molecule has 242 valence electrons. The van der Waals surface area contributed by atoms with Crippen molar-refractivity contribution in [2.75, 3.05) is 38.3 Å². The Hall–Kier alpha value is -4.77. The van der Waals surface area contributed by atoms with Crippen LogP contribution in [0.5, 0.6) is 23.0 Å². The van der Waals surface area contributed by atoms with Gasteiger partial charge in [-0.2, -0.15) is 0 Å². The third-order valence-corrected chi connectivity index (χ3v) is 8.57. The Morgan fingerprint density at radius 3 is 2.26 bits per heavy atom. The molecule has 1 aromatic heterocycles. The molecule has 9 nitrogen and oxygen atoms in total. The van der Waals surface area contributed by atoms with Gasteiger partial charge in [-0.25, -0.2) is 8.78 Å². The van der Waals surface area contributed by atoms with Gasteiger partial charge in [0.15, 0.2) is 23.1 Å². The van der Waals surface area contributed by atoms with E-state index in [1.165, 1.54) is 48.4 Å². The molecule has 1 aliphatic carbocycles. The first-order valence-electron chi connectivity index (χ1n) is 15.3. The summed E-state index contributed by atoms with van der Waals surface area (Å²) in [6.45, 7) is 9.38. The van der Waals surface area contributed by atoms with Gasteiger partial charge >= 0.3 is 0 Å². The van der Waals surface area contributed by atoms with E-state index in [2.05, 4.69) is 23.7 Å². The fourth-order valence-corrected chi connectivity index (χ4v) is 5.67. The van der Waals surface area contributed by atoms with Crippen molar-refractivity contribution >= 4 is 34.1 Å². The van der Waals surface area contributed by atoms with E-state index in [0.29, 0.717) is 34.8 Å². The van der Waals surface area contributed by atoms with Crippen LogP contribution in [0.2, 0.25) is 0 Å². The molecule has 0 saturated heterocycles. The smallest absolute Gasteiger partial charge is 0.247 e. The lowest BCUT2D eigenvalue weighted by atomic mass is 10.00. The van der Waals surface area contributed by atoms with Crippen LogP contribution in [0.25, 0.3) is 10.9 Å². The monoisotopic (exact) mass is 632 g/mol. The first kappa shape index (κ1) is 32.6. The quantitative estimate of drug-likeness (QED) is 0.123. The van der Waals surface area contributed by atoms with Gasteiger partial charge in [0.05, 0.1) is 24.9 Å². The highest BCUT2D eigenvalue weighted by atomic mass is 19.1. The molecule has 0 aliphatic heterocycles. The summed E-state index contributed by atoms with van der Waals surface area (Å²) in [7, 11) is 1.54. The number of pyridine rings is 1. The zero-order chi connectivity index (χ0) is 33.0. The minimum Gasteiger partial charge on any atom is -0.493 e. The van der Waals surface area contributed by atoms with Crippen LogP contribution in [-0.4, -0.2) is 55.0 Å². The number of benzene rings is 3. The summed E-state index contributed by atoms with van der Waals surface area (Å²) in [6.07, 6.45) is 2.67. The van der Waals surface area contributed by atoms with Gasteiger partial charge in [-0.3, -0.25) is 19.5 Å². The molecule has 11 heteroatoms. The fourth-order valence-electron chi connectivity index (χ4n) is 5.67. The first-order chi connectivity index (χ1) is 22.1. The van der Waals surface area contributed by atoms with E-state index in [0.717, 1.165) is 32.1 Å². The van der Waals surface area contributed by atoms with Crippen LogP contribution in [0.3, 0.4) is 0 Å². The highest BCUT2D eigenvalue weighted by molar-refractivity contribution is 6.17. The van der Waals surface area contributed by atoms with E-state index < -0.39 is 28.9 Å². The number of nitrogens with two attached hydrogens (primary N) is 1. The van der Waals surface area contributed by atoms with Crippen molar-refractivity contribution in [1.29, 1.82) is 0 Å². The lowest BCUT2D eigenvalue weighted by Crippen LogP contribution is -2.42. The molecule has 2 amide bonds. The summed E-state index contributed by atoms with van der Waals surface area (Å²) < 4.78 is 47.1. The molecule has 0 unspecified atom stereocenters. The van der Waals surface area contributed by atoms with Crippen molar-refractivity contribution in [2.45, 2.75) is 33.6 Å². The van der Waals surface area contributed by atoms with Crippen molar-refractivity contribution in [3.63, 3.8) is 0 Å². The molecular weight excluding hydrogens is 594 g/mol. The number of ether oxygens (including phenoxy) is 3. The normalized spacial score (nSPS) is 17.2. The van der Waals surface area contributed by atoms with Gasteiger partial charge in [0.25, 0.3) is 0 Å². The van der Waals surface area contributed by atoms with Crippen LogP contribution in [0.1, 0.15) is 33.6 Å². The standard InChI is InChI=1S/C35H38F2N4O5/c1-5-40(6-2)16-7-17-45-32-20-28-26(19-31(32)44-4)29(14-15-39-28)46-30-13-12-25(18-27(30)37)41(24-10-8-23(36)9-11-24)34(43)35(33(38)42)21-22(35)3/h8-15,18-20,22H,5-7,16-17,21H2,1-4H3,(H2,38,42)/t22-,35+/m0/s1. The van der Waals surface area contributed by atoms with Crippen molar-refractivity contribution in [3.8, 4) is 23.0 Å². The van der Waals surface area contributed by atoms with Gasteiger partial charge in [0, 0.05) is 35.9 Å². The maximum absolute atomic E-state index is 15.7. The second-order valence-electron chi connectivity index (χ2n) is 11.3. The Morgan fingerprint density at radius 1 is 0.957 bits per heavy atom. The summed E-state index contributed by atoms with van der Waals surface area (Å²) in [6, 6.07) is 14.3. The molecule has 2 atom stereocenters. The number of hydrogen-bond donors (Lipinski definition) is 1. The molecule has 0 bridgehead atoms. The number of methoxy groups -OCH3 is 1. The van der Waals surface area contributed by atoms with E-state index in [-0.39, 0.29) is 29.5 Å². The summed E-state index contributed by atoms with van der Waals surface area (Å²) in [5.74, 6) is -1.68. The molecule has 1 fully saturated rings. The van der Waals surface area contributed by atoms with Gasteiger partial charge < -0.3 is 24.8 Å². The highest BCUT2D eigenvalue weighted by Crippen LogP contribution is 2.54. The maximum Gasteiger partial charge on any atom is 0.247 e. The van der Waals surface area contributed by atoms with Crippen LogP contribution < -0.4 is 24.8 Å². The largest absolute Gasteiger partial charge is 0.493 e. The Kier molecular flexibility index (Phi) is 9.71. The number of halogens is 2. The second kappa shape index (κ2) is 13.7. The zero-order valence-electron chi connectivity index (χ0n) is 26.4. The van der Waals surface area contributed by atoms with E-state index in [1.54, 1.807) is 31.3 Å². The Balaban J connectivity index is 1.42. The van der Waals surface area contributed by atoms with E-state index in [1.807, 2.05) is 0 Å². The number of aromatic nitrogens is 1. The van der Waals surface area contributed by atoms with Gasteiger partial charge in [0.1, 0.15) is 17.0 Å². The molecule has 0 radical (unpaired) electrons. The molecule has 3 aromatic carbocycles. The maximum atomic E-state index is 15.7. The van der Waals surface area contributed by atoms with Crippen molar-refractivity contribution in [2.24, 2.45) is 17.1 Å². The number of amides is 2. The van der Waals surface area contributed by atoms with Gasteiger partial charge in [-0.1, -0.05) is 20.8 Å². The average Bonchev–Trinajstić information content (AvgIpc) is 3.75. The molecule has 46 heavy (non-hydrogen) atoms. The second-order valence-corrected chi connectivity index (χ2v) is 11.3. The van der Waals surface area contributed by atoms with Gasteiger partial charge in [0.2, 0.25) is 11.8 Å². The van der Waals surface area contributed by atoms with E-state index in [4.69, 9.17) is 19.9 Å². The van der Waals surface area contributed by atoms with Crippen LogP contribution in [0.4, 0.5) is 20.2 Å². The summed E-state index contributed by atoms with van der Waals surface area (Å²) in [4.78, 5) is 34.1. The number of fused-ring (bicyclic) bond motifs is 1. The average molecular weight is 633 g/mol. The summed E-state index contributed by atoms with van der Waals surface area (Å²) in [5, 5.41) is 0.576. The molecule has 5 rings (SSSR count). The van der Waals surface area contributed by atoms with Crippen LogP contribution in [0.15, 0.2) is 66.9 Å². The van der Waals surface area contributed by atoms with Crippen LogP contribution in [-0.2, 0) is 9.59 Å². The third kappa shape index (κ3) is 6.46. The van der Waals surface area contributed by atoms with Crippen molar-refractivity contribution in [3.05, 3.63) is 78.5 Å². The number of nitrogens with zero attached hydrogens (tertiary/aromatic N) is 3. The van der Waals surface area contributed by atoms with E-state index in [9.17, 15) is 14.0 Å². The molecule has 0 spiro atoms. The Bertz CT molecular complexity index is 1730. The summed E-state index contributed by atoms with van der Waals surface area (Å²) >= 11 is 0. The Labute approximate surface area is 266 Å². The lowest BCUT2D eigenvalue weighted by molar-refractivity contribution is -0.134. The molecule has 4 aromatic rings. The molecule has 2 N–H and O–H groups in total.